The maximum Gasteiger partial charge on any atom is 0.291 e. The second-order valence-electron chi connectivity index (χ2n) is 10.4. The number of carbonyl (C=O) groups is 1. The van der Waals surface area contributed by atoms with Crippen molar-refractivity contribution in [1.82, 2.24) is 9.78 Å². The van der Waals surface area contributed by atoms with E-state index in [-0.39, 0.29) is 23.7 Å². The first-order valence-corrected chi connectivity index (χ1v) is 14.0. The highest BCUT2D eigenvalue weighted by molar-refractivity contribution is 9.10. The van der Waals surface area contributed by atoms with Gasteiger partial charge in [0.1, 0.15) is 18.1 Å². The van der Waals surface area contributed by atoms with E-state index in [4.69, 9.17) is 9.15 Å². The van der Waals surface area contributed by atoms with E-state index in [9.17, 15) is 4.79 Å². The van der Waals surface area contributed by atoms with E-state index in [0.29, 0.717) is 18.0 Å². The van der Waals surface area contributed by atoms with Crippen molar-refractivity contribution in [3.05, 3.63) is 135 Å². The normalized spacial score (nSPS) is 11.4. The molecular formula is C33H32BrN3O3. The van der Waals surface area contributed by atoms with E-state index < -0.39 is 0 Å². The van der Waals surface area contributed by atoms with Crippen LogP contribution in [0.1, 0.15) is 58.2 Å². The van der Waals surface area contributed by atoms with Gasteiger partial charge in [0.15, 0.2) is 5.76 Å². The first-order chi connectivity index (χ1) is 19.2. The molecule has 0 fully saturated rings. The number of anilines is 1. The molecule has 0 aliphatic rings. The van der Waals surface area contributed by atoms with E-state index >= 15 is 0 Å². The monoisotopic (exact) mass is 597 g/mol. The van der Waals surface area contributed by atoms with Gasteiger partial charge >= 0.3 is 0 Å². The van der Waals surface area contributed by atoms with Crippen LogP contribution in [0.25, 0.3) is 0 Å². The summed E-state index contributed by atoms with van der Waals surface area (Å²) in [6, 6.07) is 29.7. The van der Waals surface area contributed by atoms with Crippen LogP contribution >= 0.6 is 15.9 Å². The van der Waals surface area contributed by atoms with Crippen LogP contribution in [0.5, 0.6) is 5.75 Å². The van der Waals surface area contributed by atoms with Crippen LogP contribution in [0.4, 0.5) is 5.69 Å². The number of halogens is 1. The second-order valence-corrected chi connectivity index (χ2v) is 11.2. The van der Waals surface area contributed by atoms with Crippen molar-refractivity contribution in [3.63, 3.8) is 0 Å². The molecule has 2 heterocycles. The number of rotatable bonds is 9. The fourth-order valence-electron chi connectivity index (χ4n) is 4.66. The van der Waals surface area contributed by atoms with Crippen molar-refractivity contribution in [2.24, 2.45) is 0 Å². The van der Waals surface area contributed by atoms with Gasteiger partial charge in [-0.15, -0.1) is 0 Å². The Morgan fingerprint density at radius 1 is 0.950 bits per heavy atom. The van der Waals surface area contributed by atoms with Gasteiger partial charge in [0.05, 0.1) is 22.4 Å². The van der Waals surface area contributed by atoms with E-state index in [1.165, 1.54) is 11.1 Å². The molecule has 7 heteroatoms. The molecule has 0 unspecified atom stereocenters. The van der Waals surface area contributed by atoms with Crippen molar-refractivity contribution in [3.8, 4) is 5.75 Å². The molecule has 40 heavy (non-hydrogen) atoms. The number of carbonyl (C=O) groups excluding carboxylic acids is 1. The van der Waals surface area contributed by atoms with Crippen LogP contribution in [-0.4, -0.2) is 15.7 Å². The fourth-order valence-corrected chi connectivity index (χ4v) is 4.95. The minimum absolute atomic E-state index is 0.114. The number of ether oxygens (including phenoxy) is 1. The Kier molecular flexibility index (Phi) is 7.94. The van der Waals surface area contributed by atoms with Gasteiger partial charge in [-0.05, 0) is 82.9 Å². The molecule has 0 spiro atoms. The van der Waals surface area contributed by atoms with E-state index in [1.54, 1.807) is 12.1 Å². The molecule has 5 rings (SSSR count). The molecule has 0 atom stereocenters. The number of aryl methyl sites for hydroxylation is 1. The Labute approximate surface area is 243 Å². The summed E-state index contributed by atoms with van der Waals surface area (Å²) >= 11 is 3.57. The SMILES string of the molecule is Cc1nn(Cc2cccc(NC(=O)c3ccc(COc4ccc(C(C)(C)c5ccccc5)cc4)o3)c2)c(C)c1Br. The molecule has 0 aliphatic carbocycles. The summed E-state index contributed by atoms with van der Waals surface area (Å²) in [4.78, 5) is 12.9. The van der Waals surface area contributed by atoms with Gasteiger partial charge in [-0.1, -0.05) is 68.4 Å². The second kappa shape index (κ2) is 11.6. The van der Waals surface area contributed by atoms with Gasteiger partial charge in [-0.3, -0.25) is 9.48 Å². The molecule has 0 bridgehead atoms. The first kappa shape index (κ1) is 27.5. The van der Waals surface area contributed by atoms with Crippen molar-refractivity contribution < 1.29 is 13.9 Å². The number of nitrogens with one attached hydrogen (secondary N) is 1. The Bertz CT molecular complexity index is 1620. The summed E-state index contributed by atoms with van der Waals surface area (Å²) in [5.41, 5.74) is 6.07. The molecule has 0 radical (unpaired) electrons. The minimum Gasteiger partial charge on any atom is -0.486 e. The van der Waals surface area contributed by atoms with Crippen LogP contribution in [0, 0.1) is 13.8 Å². The van der Waals surface area contributed by atoms with E-state index in [0.717, 1.165) is 27.2 Å². The molecule has 5 aromatic rings. The largest absolute Gasteiger partial charge is 0.486 e. The van der Waals surface area contributed by atoms with Gasteiger partial charge in [0, 0.05) is 11.1 Å². The van der Waals surface area contributed by atoms with Crippen LogP contribution in [-0.2, 0) is 18.6 Å². The number of hydrogen-bond acceptors (Lipinski definition) is 4. The van der Waals surface area contributed by atoms with E-state index in [1.807, 2.05) is 61.0 Å². The standard InChI is InChI=1S/C33H32BrN3O3/c1-22-31(34)23(2)37(36-22)20-24-9-8-12-27(19-24)35-32(38)30-18-17-29(40-30)21-39-28-15-13-26(14-16-28)33(3,4)25-10-6-5-7-11-25/h5-19H,20-21H2,1-4H3,(H,35,38). The summed E-state index contributed by atoms with van der Waals surface area (Å²) in [7, 11) is 0. The quantitative estimate of drug-likeness (QED) is 0.186. The van der Waals surface area contributed by atoms with Crippen LogP contribution in [0.15, 0.2) is 99.9 Å². The molecule has 3 aromatic carbocycles. The molecule has 0 saturated heterocycles. The van der Waals surface area contributed by atoms with Crippen molar-refractivity contribution >= 4 is 27.5 Å². The number of nitrogens with zero attached hydrogens (tertiary/aromatic N) is 2. The van der Waals surface area contributed by atoms with Gasteiger partial charge in [0.25, 0.3) is 5.91 Å². The maximum absolute atomic E-state index is 12.9. The Morgan fingerprint density at radius 3 is 2.38 bits per heavy atom. The van der Waals surface area contributed by atoms with Gasteiger partial charge in [-0.2, -0.15) is 5.10 Å². The average Bonchev–Trinajstić information content (AvgIpc) is 3.53. The molecule has 0 saturated carbocycles. The topological polar surface area (TPSA) is 69.3 Å². The lowest BCUT2D eigenvalue weighted by Gasteiger charge is -2.26. The van der Waals surface area contributed by atoms with Gasteiger partial charge in [0.2, 0.25) is 0 Å². The summed E-state index contributed by atoms with van der Waals surface area (Å²) in [5.74, 6) is 1.22. The number of furan rings is 1. The Balaban J connectivity index is 1.18. The lowest BCUT2D eigenvalue weighted by Crippen LogP contribution is -2.18. The molecule has 1 amide bonds. The van der Waals surface area contributed by atoms with Gasteiger partial charge < -0.3 is 14.5 Å². The lowest BCUT2D eigenvalue weighted by molar-refractivity contribution is 0.0992. The number of benzene rings is 3. The van der Waals surface area contributed by atoms with Crippen LogP contribution < -0.4 is 10.1 Å². The molecular weight excluding hydrogens is 566 g/mol. The average molecular weight is 599 g/mol. The molecule has 6 nitrogen and oxygen atoms in total. The van der Waals surface area contributed by atoms with Crippen molar-refractivity contribution in [2.75, 3.05) is 5.32 Å². The zero-order valence-corrected chi connectivity index (χ0v) is 24.7. The number of amides is 1. The predicted octanol–water partition coefficient (Wildman–Crippen LogP) is 8.06. The summed E-state index contributed by atoms with van der Waals surface area (Å²) in [5, 5.41) is 7.49. The number of aromatic nitrogens is 2. The Morgan fingerprint density at radius 2 is 1.68 bits per heavy atom. The lowest BCUT2D eigenvalue weighted by atomic mass is 9.78. The van der Waals surface area contributed by atoms with Gasteiger partial charge in [-0.25, -0.2) is 0 Å². The zero-order valence-electron chi connectivity index (χ0n) is 23.1. The van der Waals surface area contributed by atoms with Crippen LogP contribution in [0.2, 0.25) is 0 Å². The highest BCUT2D eigenvalue weighted by Gasteiger charge is 2.22. The highest BCUT2D eigenvalue weighted by Crippen LogP contribution is 2.32. The smallest absolute Gasteiger partial charge is 0.291 e. The van der Waals surface area contributed by atoms with Crippen molar-refractivity contribution in [1.29, 1.82) is 0 Å². The summed E-state index contributed by atoms with van der Waals surface area (Å²) < 4.78 is 14.7. The van der Waals surface area contributed by atoms with Crippen LogP contribution in [0.3, 0.4) is 0 Å². The third kappa shape index (κ3) is 6.05. The highest BCUT2D eigenvalue weighted by atomic mass is 79.9. The molecule has 0 aliphatic heterocycles. The summed E-state index contributed by atoms with van der Waals surface area (Å²) in [6.07, 6.45) is 0. The number of hydrogen-bond donors (Lipinski definition) is 1. The van der Waals surface area contributed by atoms with Crippen molar-refractivity contribution in [2.45, 2.75) is 46.3 Å². The third-order valence-corrected chi connectivity index (χ3v) is 8.30. The minimum atomic E-state index is -0.315. The molecule has 1 N–H and O–H groups in total. The zero-order chi connectivity index (χ0) is 28.3. The maximum atomic E-state index is 12.9. The summed E-state index contributed by atoms with van der Waals surface area (Å²) in [6.45, 7) is 9.25. The third-order valence-electron chi connectivity index (χ3n) is 7.15. The fraction of sp³-hybridized carbons (Fsp3) is 0.212. The predicted molar refractivity (Wildman–Crippen MR) is 161 cm³/mol. The Hall–Kier alpha value is -4.10. The molecule has 204 valence electrons. The van der Waals surface area contributed by atoms with E-state index in [2.05, 4.69) is 76.6 Å². The molecule has 2 aromatic heterocycles. The first-order valence-electron chi connectivity index (χ1n) is 13.2.